The molecule has 0 aliphatic heterocycles. The molecule has 0 aliphatic carbocycles. The zero-order valence-corrected chi connectivity index (χ0v) is 8.32. The van der Waals surface area contributed by atoms with E-state index >= 15 is 0 Å². The molecule has 3 nitrogen and oxygen atoms in total. The summed E-state index contributed by atoms with van der Waals surface area (Å²) in [6.07, 6.45) is 1.93. The van der Waals surface area contributed by atoms with Crippen LogP contribution in [-0.4, -0.2) is 16.8 Å². The van der Waals surface area contributed by atoms with E-state index < -0.39 is 0 Å². The van der Waals surface area contributed by atoms with Crippen molar-refractivity contribution in [2.75, 3.05) is 7.11 Å². The van der Waals surface area contributed by atoms with Crippen molar-refractivity contribution in [2.24, 2.45) is 7.05 Å². The van der Waals surface area contributed by atoms with Gasteiger partial charge in [0.25, 0.3) is 0 Å². The lowest BCUT2D eigenvalue weighted by atomic mass is 10.2. The van der Waals surface area contributed by atoms with Crippen LogP contribution in [0.15, 0.2) is 24.4 Å². The average molecular weight is 191 g/mol. The number of ether oxygens (including phenoxy) is 1. The Morgan fingerprint density at radius 3 is 2.86 bits per heavy atom. The minimum absolute atomic E-state index is 0.0600. The van der Waals surface area contributed by atoms with E-state index in [-0.39, 0.29) is 6.61 Å². The Morgan fingerprint density at radius 2 is 2.21 bits per heavy atom. The summed E-state index contributed by atoms with van der Waals surface area (Å²) in [6, 6.07) is 5.86. The number of hydrogen-bond donors (Lipinski definition) is 1. The van der Waals surface area contributed by atoms with Crippen LogP contribution in [0, 0.1) is 0 Å². The minimum atomic E-state index is 0.0600. The summed E-state index contributed by atoms with van der Waals surface area (Å²) in [6.45, 7) is 0.0600. The van der Waals surface area contributed by atoms with Gasteiger partial charge in [-0.1, -0.05) is 0 Å². The van der Waals surface area contributed by atoms with Crippen molar-refractivity contribution in [1.82, 2.24) is 4.57 Å². The molecular weight excluding hydrogens is 178 g/mol. The van der Waals surface area contributed by atoms with Crippen molar-refractivity contribution in [3.63, 3.8) is 0 Å². The fourth-order valence-corrected chi connectivity index (χ4v) is 1.71. The summed E-state index contributed by atoms with van der Waals surface area (Å²) in [5.41, 5.74) is 2.04. The summed E-state index contributed by atoms with van der Waals surface area (Å²) >= 11 is 0. The second kappa shape index (κ2) is 3.35. The van der Waals surface area contributed by atoms with Gasteiger partial charge in [-0.2, -0.15) is 0 Å². The average Bonchev–Trinajstić information content (AvgIpc) is 2.55. The first kappa shape index (κ1) is 9.09. The third-order valence-corrected chi connectivity index (χ3v) is 2.45. The molecule has 0 unspecified atom stereocenters. The van der Waals surface area contributed by atoms with Crippen LogP contribution in [0.25, 0.3) is 10.9 Å². The van der Waals surface area contributed by atoms with Gasteiger partial charge in [-0.05, 0) is 18.2 Å². The number of benzene rings is 1. The van der Waals surface area contributed by atoms with E-state index in [1.165, 1.54) is 0 Å². The van der Waals surface area contributed by atoms with E-state index in [9.17, 15) is 0 Å². The second-order valence-corrected chi connectivity index (χ2v) is 3.31. The van der Waals surface area contributed by atoms with Crippen LogP contribution >= 0.6 is 0 Å². The Hall–Kier alpha value is -1.48. The second-order valence-electron chi connectivity index (χ2n) is 3.31. The van der Waals surface area contributed by atoms with Crippen molar-refractivity contribution in [2.45, 2.75) is 6.61 Å². The Balaban J connectivity index is 2.71. The first-order valence-electron chi connectivity index (χ1n) is 4.49. The number of aliphatic hydroxyl groups excluding tert-OH is 1. The Bertz CT molecular complexity index is 460. The van der Waals surface area contributed by atoms with Crippen LogP contribution in [-0.2, 0) is 13.7 Å². The molecule has 74 valence electrons. The summed E-state index contributed by atoms with van der Waals surface area (Å²) in [7, 11) is 3.61. The van der Waals surface area contributed by atoms with Crippen molar-refractivity contribution in [3.05, 3.63) is 30.0 Å². The molecule has 0 spiro atoms. The highest BCUT2D eigenvalue weighted by molar-refractivity contribution is 5.85. The number of aromatic nitrogens is 1. The molecule has 0 radical (unpaired) electrons. The predicted molar refractivity (Wildman–Crippen MR) is 55.4 cm³/mol. The lowest BCUT2D eigenvalue weighted by Gasteiger charge is -2.00. The highest BCUT2D eigenvalue weighted by Gasteiger charge is 2.06. The summed E-state index contributed by atoms with van der Waals surface area (Å²) < 4.78 is 7.14. The maximum absolute atomic E-state index is 9.16. The van der Waals surface area contributed by atoms with E-state index in [4.69, 9.17) is 9.84 Å². The minimum Gasteiger partial charge on any atom is -0.497 e. The lowest BCUT2D eigenvalue weighted by Crippen LogP contribution is -1.85. The molecule has 14 heavy (non-hydrogen) atoms. The first-order chi connectivity index (χ1) is 6.76. The highest BCUT2D eigenvalue weighted by atomic mass is 16.5. The SMILES string of the molecule is COc1ccc2c(c1)c(CO)cn2C. The molecule has 1 aromatic carbocycles. The number of fused-ring (bicyclic) bond motifs is 1. The third kappa shape index (κ3) is 1.26. The lowest BCUT2D eigenvalue weighted by molar-refractivity contribution is 0.283. The van der Waals surface area contributed by atoms with Gasteiger partial charge >= 0.3 is 0 Å². The van der Waals surface area contributed by atoms with E-state index in [0.29, 0.717) is 0 Å². The van der Waals surface area contributed by atoms with Crippen molar-refractivity contribution in [1.29, 1.82) is 0 Å². The van der Waals surface area contributed by atoms with E-state index in [1.54, 1.807) is 7.11 Å². The number of rotatable bonds is 2. The third-order valence-electron chi connectivity index (χ3n) is 2.45. The molecule has 3 heteroatoms. The summed E-state index contributed by atoms with van der Waals surface area (Å²) in [5, 5.41) is 10.2. The van der Waals surface area contributed by atoms with Gasteiger partial charge in [0.15, 0.2) is 0 Å². The van der Waals surface area contributed by atoms with Gasteiger partial charge < -0.3 is 14.4 Å². The maximum atomic E-state index is 9.16. The molecular formula is C11H13NO2. The normalized spacial score (nSPS) is 10.8. The summed E-state index contributed by atoms with van der Waals surface area (Å²) in [5.74, 6) is 0.818. The van der Waals surface area contributed by atoms with Crippen LogP contribution in [0.5, 0.6) is 5.75 Å². The van der Waals surface area contributed by atoms with Gasteiger partial charge in [-0.25, -0.2) is 0 Å². The van der Waals surface area contributed by atoms with Crippen LogP contribution < -0.4 is 4.74 Å². The molecule has 0 aliphatic rings. The zero-order valence-electron chi connectivity index (χ0n) is 8.32. The monoisotopic (exact) mass is 191 g/mol. The van der Waals surface area contributed by atoms with Crippen LogP contribution in [0.2, 0.25) is 0 Å². The number of hydrogen-bond acceptors (Lipinski definition) is 2. The molecule has 1 N–H and O–H groups in total. The topological polar surface area (TPSA) is 34.4 Å². The predicted octanol–water partition coefficient (Wildman–Crippen LogP) is 1.68. The number of aliphatic hydroxyl groups is 1. The quantitative estimate of drug-likeness (QED) is 0.783. The first-order valence-corrected chi connectivity index (χ1v) is 4.49. The van der Waals surface area contributed by atoms with Crippen LogP contribution in [0.3, 0.4) is 0 Å². The molecule has 0 bridgehead atoms. The van der Waals surface area contributed by atoms with Gasteiger partial charge in [0.1, 0.15) is 5.75 Å². The van der Waals surface area contributed by atoms with Crippen molar-refractivity contribution < 1.29 is 9.84 Å². The highest BCUT2D eigenvalue weighted by Crippen LogP contribution is 2.25. The fraction of sp³-hybridized carbons (Fsp3) is 0.273. The smallest absolute Gasteiger partial charge is 0.119 e. The molecule has 2 rings (SSSR count). The van der Waals surface area contributed by atoms with E-state index in [2.05, 4.69) is 0 Å². The Morgan fingerprint density at radius 1 is 1.43 bits per heavy atom. The van der Waals surface area contributed by atoms with Crippen LogP contribution in [0.1, 0.15) is 5.56 Å². The number of methoxy groups -OCH3 is 1. The standard InChI is InChI=1S/C11H13NO2/c1-12-6-8(7-13)10-5-9(14-2)3-4-11(10)12/h3-6,13H,7H2,1-2H3. The zero-order chi connectivity index (χ0) is 10.1. The van der Waals surface area contributed by atoms with Gasteiger partial charge in [0.05, 0.1) is 13.7 Å². The number of aryl methyl sites for hydroxylation is 1. The molecule has 0 saturated heterocycles. The van der Waals surface area contributed by atoms with E-state index in [1.807, 2.05) is 36.0 Å². The van der Waals surface area contributed by atoms with Crippen molar-refractivity contribution >= 4 is 10.9 Å². The van der Waals surface area contributed by atoms with E-state index in [0.717, 1.165) is 22.2 Å². The van der Waals surface area contributed by atoms with Gasteiger partial charge in [0.2, 0.25) is 0 Å². The fourth-order valence-electron chi connectivity index (χ4n) is 1.71. The molecule has 1 aromatic heterocycles. The maximum Gasteiger partial charge on any atom is 0.119 e. The van der Waals surface area contributed by atoms with Gasteiger partial charge in [0, 0.05) is 29.7 Å². The molecule has 1 heterocycles. The molecule has 2 aromatic rings. The Labute approximate surface area is 82.5 Å². The molecule has 0 amide bonds. The number of nitrogens with zero attached hydrogens (tertiary/aromatic N) is 1. The van der Waals surface area contributed by atoms with Gasteiger partial charge in [-0.3, -0.25) is 0 Å². The largest absolute Gasteiger partial charge is 0.497 e. The molecule has 0 fully saturated rings. The Kier molecular flexibility index (Phi) is 2.17. The molecule has 0 atom stereocenters. The van der Waals surface area contributed by atoms with Crippen molar-refractivity contribution in [3.8, 4) is 5.75 Å². The van der Waals surface area contributed by atoms with Crippen LogP contribution in [0.4, 0.5) is 0 Å². The molecule has 0 saturated carbocycles. The summed E-state index contributed by atoms with van der Waals surface area (Å²) in [4.78, 5) is 0. The van der Waals surface area contributed by atoms with Gasteiger partial charge in [-0.15, -0.1) is 0 Å².